The summed E-state index contributed by atoms with van der Waals surface area (Å²) < 4.78 is 5.05. The molecule has 1 aliphatic rings. The second-order valence-corrected chi connectivity index (χ2v) is 4.19. The van der Waals surface area contributed by atoms with Gasteiger partial charge in [0.2, 0.25) is 0 Å². The Morgan fingerprint density at radius 1 is 1.56 bits per heavy atom. The lowest BCUT2D eigenvalue weighted by molar-refractivity contribution is 0.134. The van der Waals surface area contributed by atoms with E-state index in [1.54, 1.807) is 11.0 Å². The van der Waals surface area contributed by atoms with Crippen LogP contribution in [0.2, 0.25) is 5.02 Å². The van der Waals surface area contributed by atoms with Crippen LogP contribution < -0.4 is 5.73 Å². The van der Waals surface area contributed by atoms with E-state index < -0.39 is 0 Å². The maximum atomic E-state index is 11.4. The molecule has 0 bridgehead atoms. The first kappa shape index (κ1) is 11.2. The molecular formula is C11H13ClN2O2. The summed E-state index contributed by atoms with van der Waals surface area (Å²) in [6.45, 7) is 1.41. The molecule has 0 aromatic heterocycles. The number of nitrogens with two attached hydrogens (primary N) is 1. The molecule has 2 N–H and O–H groups in total. The lowest BCUT2D eigenvalue weighted by Gasteiger charge is -2.12. The molecule has 1 aromatic carbocycles. The lowest BCUT2D eigenvalue weighted by Crippen LogP contribution is -2.27. The Morgan fingerprint density at radius 3 is 3.00 bits per heavy atom. The quantitative estimate of drug-likeness (QED) is 0.874. The second-order valence-electron chi connectivity index (χ2n) is 3.75. The summed E-state index contributed by atoms with van der Waals surface area (Å²) in [5, 5.41) is 0.667. The van der Waals surface area contributed by atoms with E-state index in [1.807, 2.05) is 18.2 Å². The first-order chi connectivity index (χ1) is 7.69. The molecule has 86 valence electrons. The minimum atomic E-state index is -0.310. The van der Waals surface area contributed by atoms with Gasteiger partial charge in [0, 0.05) is 18.1 Å². The maximum Gasteiger partial charge on any atom is 0.410 e. The average Bonchev–Trinajstić information content (AvgIpc) is 2.60. The zero-order valence-electron chi connectivity index (χ0n) is 8.73. The maximum absolute atomic E-state index is 11.4. The van der Waals surface area contributed by atoms with Gasteiger partial charge in [-0.1, -0.05) is 23.7 Å². The first-order valence-corrected chi connectivity index (χ1v) is 5.47. The highest BCUT2D eigenvalue weighted by atomic mass is 35.5. The summed E-state index contributed by atoms with van der Waals surface area (Å²) >= 11 is 5.87. The van der Waals surface area contributed by atoms with Gasteiger partial charge >= 0.3 is 6.09 Å². The summed E-state index contributed by atoms with van der Waals surface area (Å²) in [7, 11) is 0. The molecule has 1 aromatic rings. The highest BCUT2D eigenvalue weighted by Crippen LogP contribution is 2.17. The number of cyclic esters (lactones) is 1. The van der Waals surface area contributed by atoms with Crippen LogP contribution in [-0.4, -0.2) is 30.2 Å². The van der Waals surface area contributed by atoms with Crippen LogP contribution in [0.4, 0.5) is 4.79 Å². The van der Waals surface area contributed by atoms with E-state index in [0.717, 1.165) is 5.56 Å². The molecule has 16 heavy (non-hydrogen) atoms. The number of nitrogens with zero attached hydrogens (tertiary/aromatic N) is 1. The topological polar surface area (TPSA) is 55.6 Å². The van der Waals surface area contributed by atoms with Crippen molar-refractivity contribution in [3.63, 3.8) is 0 Å². The zero-order valence-corrected chi connectivity index (χ0v) is 9.48. The van der Waals surface area contributed by atoms with Gasteiger partial charge < -0.3 is 15.4 Å². The summed E-state index contributed by atoms with van der Waals surface area (Å²) in [5.41, 5.74) is 6.44. The number of benzene rings is 1. The number of ether oxygens (including phenoxy) is 1. The van der Waals surface area contributed by atoms with Crippen LogP contribution in [0, 0.1) is 0 Å². The van der Waals surface area contributed by atoms with Crippen molar-refractivity contribution in [3.05, 3.63) is 34.9 Å². The number of carbonyl (C=O) groups is 1. The monoisotopic (exact) mass is 240 g/mol. The highest BCUT2D eigenvalue weighted by Gasteiger charge is 2.29. The number of hydrogen-bond acceptors (Lipinski definition) is 3. The molecule has 0 saturated carbocycles. The van der Waals surface area contributed by atoms with Crippen molar-refractivity contribution < 1.29 is 9.53 Å². The molecule has 1 fully saturated rings. The van der Waals surface area contributed by atoms with Crippen molar-refractivity contribution >= 4 is 17.7 Å². The van der Waals surface area contributed by atoms with Crippen molar-refractivity contribution in [2.75, 3.05) is 13.1 Å². The molecule has 0 unspecified atom stereocenters. The molecular weight excluding hydrogens is 228 g/mol. The molecule has 1 heterocycles. The second kappa shape index (κ2) is 4.72. The van der Waals surface area contributed by atoms with Crippen LogP contribution in [0.25, 0.3) is 0 Å². The van der Waals surface area contributed by atoms with Crippen LogP contribution in [0.1, 0.15) is 5.56 Å². The molecule has 2 rings (SSSR count). The van der Waals surface area contributed by atoms with Crippen molar-refractivity contribution in [1.29, 1.82) is 0 Å². The standard InChI is InChI=1S/C11H13ClN2O2/c12-9-3-1-2-8(4-9)6-14-7-10(5-13)16-11(14)15/h1-4,10H,5-7,13H2/t10-/m0/s1. The van der Waals surface area contributed by atoms with Gasteiger partial charge in [-0.25, -0.2) is 4.79 Å². The smallest absolute Gasteiger partial charge is 0.410 e. The van der Waals surface area contributed by atoms with Crippen molar-refractivity contribution in [2.24, 2.45) is 5.73 Å². The first-order valence-electron chi connectivity index (χ1n) is 5.09. The van der Waals surface area contributed by atoms with Gasteiger partial charge in [-0.05, 0) is 17.7 Å². The Morgan fingerprint density at radius 2 is 2.38 bits per heavy atom. The predicted octanol–water partition coefficient (Wildman–Crippen LogP) is 1.62. The van der Waals surface area contributed by atoms with Gasteiger partial charge in [-0.15, -0.1) is 0 Å². The van der Waals surface area contributed by atoms with Crippen LogP contribution in [0.15, 0.2) is 24.3 Å². The Balaban J connectivity index is 2.03. The molecule has 1 amide bonds. The van der Waals surface area contributed by atoms with E-state index in [2.05, 4.69) is 0 Å². The minimum absolute atomic E-state index is 0.188. The van der Waals surface area contributed by atoms with Gasteiger partial charge in [0.15, 0.2) is 0 Å². The number of halogens is 1. The molecule has 1 aliphatic heterocycles. The predicted molar refractivity (Wildman–Crippen MR) is 61.2 cm³/mol. The van der Waals surface area contributed by atoms with Gasteiger partial charge in [0.25, 0.3) is 0 Å². The molecule has 1 saturated heterocycles. The number of carbonyl (C=O) groups excluding carboxylic acids is 1. The Bertz CT molecular complexity index is 397. The average molecular weight is 241 g/mol. The third kappa shape index (κ3) is 2.46. The fourth-order valence-corrected chi connectivity index (χ4v) is 1.90. The molecule has 1 atom stereocenters. The summed E-state index contributed by atoms with van der Waals surface area (Å²) in [6, 6.07) is 7.43. The zero-order chi connectivity index (χ0) is 11.5. The van der Waals surface area contributed by atoms with E-state index in [-0.39, 0.29) is 12.2 Å². The van der Waals surface area contributed by atoms with Gasteiger partial charge in [0.1, 0.15) is 6.10 Å². The largest absolute Gasteiger partial charge is 0.443 e. The summed E-state index contributed by atoms with van der Waals surface area (Å²) in [5.74, 6) is 0. The normalized spacial score (nSPS) is 20.0. The molecule has 0 aliphatic carbocycles. The van der Waals surface area contributed by atoms with E-state index in [4.69, 9.17) is 22.1 Å². The van der Waals surface area contributed by atoms with E-state index in [9.17, 15) is 4.79 Å². The van der Waals surface area contributed by atoms with Crippen molar-refractivity contribution in [2.45, 2.75) is 12.6 Å². The highest BCUT2D eigenvalue weighted by molar-refractivity contribution is 6.30. The minimum Gasteiger partial charge on any atom is -0.443 e. The SMILES string of the molecule is NC[C@H]1CN(Cc2cccc(Cl)c2)C(=O)O1. The third-order valence-corrected chi connectivity index (χ3v) is 2.71. The Hall–Kier alpha value is -1.26. The number of amides is 1. The van der Waals surface area contributed by atoms with Crippen molar-refractivity contribution in [1.82, 2.24) is 4.90 Å². The lowest BCUT2D eigenvalue weighted by atomic mass is 10.2. The molecule has 4 nitrogen and oxygen atoms in total. The van der Waals surface area contributed by atoms with Gasteiger partial charge in [-0.3, -0.25) is 0 Å². The number of rotatable bonds is 3. The fraction of sp³-hybridized carbons (Fsp3) is 0.364. The van der Waals surface area contributed by atoms with E-state index in [0.29, 0.717) is 24.7 Å². The van der Waals surface area contributed by atoms with Crippen LogP contribution >= 0.6 is 11.6 Å². The van der Waals surface area contributed by atoms with Crippen LogP contribution in [0.5, 0.6) is 0 Å². The van der Waals surface area contributed by atoms with Gasteiger partial charge in [-0.2, -0.15) is 0 Å². The third-order valence-electron chi connectivity index (χ3n) is 2.48. The summed E-state index contributed by atoms with van der Waals surface area (Å²) in [6.07, 6.45) is -0.498. The Labute approximate surface area is 98.9 Å². The molecule has 0 radical (unpaired) electrons. The van der Waals surface area contributed by atoms with Gasteiger partial charge in [0.05, 0.1) is 6.54 Å². The van der Waals surface area contributed by atoms with Crippen molar-refractivity contribution in [3.8, 4) is 0 Å². The Kier molecular flexibility index (Phi) is 3.31. The fourth-order valence-electron chi connectivity index (χ4n) is 1.68. The van der Waals surface area contributed by atoms with E-state index in [1.165, 1.54) is 0 Å². The van der Waals surface area contributed by atoms with Crippen LogP contribution in [-0.2, 0) is 11.3 Å². The number of hydrogen-bond donors (Lipinski definition) is 1. The molecule has 5 heteroatoms. The van der Waals surface area contributed by atoms with Crippen LogP contribution in [0.3, 0.4) is 0 Å². The molecule has 0 spiro atoms. The van der Waals surface area contributed by atoms with E-state index >= 15 is 0 Å². The summed E-state index contributed by atoms with van der Waals surface area (Å²) in [4.78, 5) is 13.1.